The second-order valence-electron chi connectivity index (χ2n) is 4.70. The van der Waals surface area contributed by atoms with Gasteiger partial charge in [0.15, 0.2) is 0 Å². The molecule has 0 atom stereocenters. The molecular weight excluding hydrogens is 398 g/mol. The van der Waals surface area contributed by atoms with Crippen molar-refractivity contribution in [1.29, 1.82) is 0 Å². The van der Waals surface area contributed by atoms with Crippen LogP contribution in [-0.2, 0) is 0 Å². The molecule has 130 valence electrons. The van der Waals surface area contributed by atoms with Crippen molar-refractivity contribution in [2.75, 3.05) is 7.11 Å². The van der Waals surface area contributed by atoms with E-state index in [1.165, 1.54) is 25.3 Å². The molecule has 3 N–H and O–H groups in total. The van der Waals surface area contributed by atoms with Gasteiger partial charge in [0.1, 0.15) is 11.5 Å². The van der Waals surface area contributed by atoms with Crippen molar-refractivity contribution < 1.29 is 24.7 Å². The van der Waals surface area contributed by atoms with Crippen LogP contribution in [0.4, 0.5) is 5.69 Å². The number of nitro benzene ring substituents is 1. The van der Waals surface area contributed by atoms with Crippen molar-refractivity contribution in [3.8, 4) is 17.2 Å². The van der Waals surface area contributed by atoms with E-state index in [9.17, 15) is 25.1 Å². The Kier molecular flexibility index (Phi) is 5.55. The van der Waals surface area contributed by atoms with Gasteiger partial charge >= 0.3 is 5.69 Å². The second kappa shape index (κ2) is 7.62. The van der Waals surface area contributed by atoms with Gasteiger partial charge in [-0.05, 0) is 24.3 Å². The van der Waals surface area contributed by atoms with Gasteiger partial charge in [0.2, 0.25) is 5.75 Å². The zero-order valence-corrected chi connectivity index (χ0v) is 14.3. The number of nitro groups is 1. The van der Waals surface area contributed by atoms with Crippen LogP contribution in [0.15, 0.2) is 39.9 Å². The van der Waals surface area contributed by atoms with Crippen LogP contribution in [0.25, 0.3) is 0 Å². The number of ether oxygens (including phenoxy) is 1. The summed E-state index contributed by atoms with van der Waals surface area (Å²) in [6.07, 6.45) is 1.03. The van der Waals surface area contributed by atoms with Crippen molar-refractivity contribution >= 4 is 33.7 Å². The first kappa shape index (κ1) is 18.2. The van der Waals surface area contributed by atoms with Crippen molar-refractivity contribution in [2.24, 2.45) is 5.10 Å². The number of hydrogen-bond donors (Lipinski definition) is 3. The van der Waals surface area contributed by atoms with E-state index in [0.29, 0.717) is 4.47 Å². The first-order valence-electron chi connectivity index (χ1n) is 6.70. The molecule has 9 nitrogen and oxygen atoms in total. The molecule has 0 aliphatic rings. The number of halogens is 1. The quantitative estimate of drug-likeness (QED) is 0.394. The molecule has 2 aromatic rings. The monoisotopic (exact) mass is 409 g/mol. The molecule has 0 aliphatic heterocycles. The van der Waals surface area contributed by atoms with Gasteiger partial charge in [-0.1, -0.05) is 15.9 Å². The third kappa shape index (κ3) is 4.23. The predicted molar refractivity (Wildman–Crippen MR) is 92.2 cm³/mol. The first-order chi connectivity index (χ1) is 11.8. The number of nitrogens with one attached hydrogen (secondary N) is 1. The largest absolute Gasteiger partial charge is 0.507 e. The molecule has 0 aliphatic carbocycles. The second-order valence-corrected chi connectivity index (χ2v) is 5.62. The molecule has 2 rings (SSSR count). The maximum atomic E-state index is 12.0. The maximum absolute atomic E-state index is 12.0. The summed E-state index contributed by atoms with van der Waals surface area (Å²) in [5, 5.41) is 34.1. The number of carbonyl (C=O) groups excluding carboxylic acids is 1. The van der Waals surface area contributed by atoms with Crippen LogP contribution in [-0.4, -0.2) is 34.4 Å². The Morgan fingerprint density at radius 2 is 2.08 bits per heavy atom. The number of benzene rings is 2. The highest BCUT2D eigenvalue weighted by atomic mass is 79.9. The lowest BCUT2D eigenvalue weighted by Crippen LogP contribution is -2.17. The minimum absolute atomic E-state index is 0.0210. The molecular formula is C15H12BrN3O6. The highest BCUT2D eigenvalue weighted by molar-refractivity contribution is 9.10. The Hall–Kier alpha value is -3.14. The molecule has 0 heterocycles. The highest BCUT2D eigenvalue weighted by Crippen LogP contribution is 2.33. The van der Waals surface area contributed by atoms with Crippen molar-refractivity contribution in [1.82, 2.24) is 5.43 Å². The highest BCUT2D eigenvalue weighted by Gasteiger charge is 2.19. The summed E-state index contributed by atoms with van der Waals surface area (Å²) in [5.41, 5.74) is 1.55. The molecule has 2 aromatic carbocycles. The predicted octanol–water partition coefficient (Wildman–Crippen LogP) is 2.54. The van der Waals surface area contributed by atoms with Gasteiger partial charge in [-0.3, -0.25) is 14.9 Å². The van der Waals surface area contributed by atoms with Crippen LogP contribution in [0.5, 0.6) is 17.2 Å². The number of rotatable bonds is 5. The van der Waals surface area contributed by atoms with Crippen LogP contribution >= 0.6 is 15.9 Å². The molecule has 0 saturated carbocycles. The van der Waals surface area contributed by atoms with Crippen molar-refractivity contribution in [2.45, 2.75) is 0 Å². The fraction of sp³-hybridized carbons (Fsp3) is 0.0667. The Balaban J connectivity index is 2.25. The Morgan fingerprint density at radius 1 is 1.36 bits per heavy atom. The van der Waals surface area contributed by atoms with Crippen LogP contribution < -0.4 is 10.2 Å². The van der Waals surface area contributed by atoms with Crippen LogP contribution in [0.2, 0.25) is 0 Å². The maximum Gasteiger partial charge on any atom is 0.315 e. The third-order valence-electron chi connectivity index (χ3n) is 3.10. The number of phenolic OH excluding ortho intramolecular Hbond substituents is 2. The number of nitrogens with zero attached hydrogens (tertiary/aromatic N) is 2. The lowest BCUT2D eigenvalue weighted by Gasteiger charge is -2.05. The minimum atomic E-state index is -0.771. The van der Waals surface area contributed by atoms with E-state index in [0.717, 1.165) is 12.3 Å². The van der Waals surface area contributed by atoms with Crippen LogP contribution in [0, 0.1) is 10.1 Å². The molecule has 25 heavy (non-hydrogen) atoms. The molecule has 0 unspecified atom stereocenters. The fourth-order valence-corrected chi connectivity index (χ4v) is 2.24. The summed E-state index contributed by atoms with van der Waals surface area (Å²) in [5.74, 6) is -1.42. The van der Waals surface area contributed by atoms with Crippen molar-refractivity contribution in [3.05, 3.63) is 56.0 Å². The van der Waals surface area contributed by atoms with Crippen LogP contribution in [0.1, 0.15) is 15.9 Å². The molecule has 0 spiro atoms. The lowest BCUT2D eigenvalue weighted by atomic mass is 10.1. The fourth-order valence-electron chi connectivity index (χ4n) is 1.88. The molecule has 1 amide bonds. The standard InChI is InChI=1S/C15H12BrN3O6/c1-25-10-4-8(14(21)12(6-10)19(23)24)7-17-18-15(22)11-5-9(16)2-3-13(11)20/h2-7,20-21H,1H3,(H,18,22)/b17-7-. The smallest absolute Gasteiger partial charge is 0.315 e. The summed E-state index contributed by atoms with van der Waals surface area (Å²) in [4.78, 5) is 22.1. The summed E-state index contributed by atoms with van der Waals surface area (Å²) in [6.45, 7) is 0. The normalized spacial score (nSPS) is 10.6. The summed E-state index contributed by atoms with van der Waals surface area (Å²) in [6, 6.07) is 6.66. The molecule has 0 saturated heterocycles. The zero-order valence-electron chi connectivity index (χ0n) is 12.8. The number of hydrazone groups is 1. The molecule has 0 bridgehead atoms. The Bertz CT molecular complexity index is 869. The number of phenols is 2. The number of carbonyl (C=O) groups is 1. The van der Waals surface area contributed by atoms with E-state index < -0.39 is 22.3 Å². The molecule has 0 aromatic heterocycles. The van der Waals surface area contributed by atoms with Gasteiger partial charge in [0.25, 0.3) is 5.91 Å². The van der Waals surface area contributed by atoms with Crippen molar-refractivity contribution in [3.63, 3.8) is 0 Å². The third-order valence-corrected chi connectivity index (χ3v) is 3.59. The number of methoxy groups -OCH3 is 1. The molecule has 10 heteroatoms. The van der Waals surface area contributed by atoms with Gasteiger partial charge in [0, 0.05) is 10.0 Å². The first-order valence-corrected chi connectivity index (χ1v) is 7.50. The SMILES string of the molecule is COc1cc(/C=N\NC(=O)c2cc(Br)ccc2O)c(O)c([N+](=O)[O-])c1. The lowest BCUT2D eigenvalue weighted by molar-refractivity contribution is -0.385. The minimum Gasteiger partial charge on any atom is -0.507 e. The topological polar surface area (TPSA) is 134 Å². The van der Waals surface area contributed by atoms with Gasteiger partial charge in [-0.25, -0.2) is 5.43 Å². The van der Waals surface area contributed by atoms with E-state index in [-0.39, 0.29) is 22.6 Å². The van der Waals surface area contributed by atoms with Gasteiger partial charge in [0.05, 0.1) is 29.9 Å². The van der Waals surface area contributed by atoms with E-state index in [1.807, 2.05) is 0 Å². The van der Waals surface area contributed by atoms with Crippen LogP contribution in [0.3, 0.4) is 0 Å². The molecule has 0 radical (unpaired) electrons. The Labute approximate surface area is 149 Å². The van der Waals surface area contributed by atoms with E-state index in [4.69, 9.17) is 4.74 Å². The van der Waals surface area contributed by atoms with E-state index in [2.05, 4.69) is 26.5 Å². The summed E-state index contributed by atoms with van der Waals surface area (Å²) < 4.78 is 5.51. The average Bonchev–Trinajstić information content (AvgIpc) is 2.58. The number of aromatic hydroxyl groups is 2. The Morgan fingerprint density at radius 3 is 2.72 bits per heavy atom. The summed E-state index contributed by atoms with van der Waals surface area (Å²) in [7, 11) is 1.31. The average molecular weight is 410 g/mol. The molecule has 0 fully saturated rings. The zero-order chi connectivity index (χ0) is 18.6. The van der Waals surface area contributed by atoms with Gasteiger partial charge in [-0.2, -0.15) is 5.10 Å². The van der Waals surface area contributed by atoms with Gasteiger partial charge in [-0.15, -0.1) is 0 Å². The summed E-state index contributed by atoms with van der Waals surface area (Å²) >= 11 is 3.18. The van der Waals surface area contributed by atoms with E-state index >= 15 is 0 Å². The van der Waals surface area contributed by atoms with E-state index in [1.54, 1.807) is 6.07 Å². The number of hydrogen-bond acceptors (Lipinski definition) is 7. The van der Waals surface area contributed by atoms with Gasteiger partial charge < -0.3 is 14.9 Å². The number of amides is 1.